The van der Waals surface area contributed by atoms with Crippen LogP contribution in [-0.4, -0.2) is 27.4 Å². The Morgan fingerprint density at radius 2 is 1.92 bits per heavy atom. The molecule has 4 aromatic rings. The number of nitrogens with one attached hydrogen (secondary N) is 1. The van der Waals surface area contributed by atoms with Gasteiger partial charge in [0, 0.05) is 23.0 Å². The molecule has 2 saturated heterocycles. The molecule has 7 rings (SSSR count). The lowest BCUT2D eigenvalue weighted by Crippen LogP contribution is -2.45. The number of fused-ring (bicyclic) bond motifs is 2. The van der Waals surface area contributed by atoms with Gasteiger partial charge in [-0.15, -0.1) is 13.2 Å². The number of benzene rings is 2. The smallest absolute Gasteiger partial charge is 0.406 e. The molecule has 37 heavy (non-hydrogen) atoms. The molecule has 2 aromatic carbocycles. The Morgan fingerprint density at radius 3 is 2.51 bits per heavy atom. The topological polar surface area (TPSA) is 92.8 Å². The van der Waals surface area contributed by atoms with Gasteiger partial charge in [0.05, 0.1) is 33.8 Å². The van der Waals surface area contributed by atoms with Crippen LogP contribution in [0.25, 0.3) is 27.7 Å². The summed E-state index contributed by atoms with van der Waals surface area (Å²) in [5, 5.41) is 13.4. The van der Waals surface area contributed by atoms with Gasteiger partial charge in [0.25, 0.3) is 5.56 Å². The molecule has 10 heteroatoms. The number of aryl methyl sites for hydroxylation is 1. The predicted octanol–water partition coefficient (Wildman–Crippen LogP) is 4.73. The van der Waals surface area contributed by atoms with Gasteiger partial charge in [-0.05, 0) is 74.7 Å². The quantitative estimate of drug-likeness (QED) is 0.433. The Bertz CT molecular complexity index is 1630. The van der Waals surface area contributed by atoms with Crippen LogP contribution in [0.4, 0.5) is 13.2 Å². The summed E-state index contributed by atoms with van der Waals surface area (Å²) >= 11 is 0. The summed E-state index contributed by atoms with van der Waals surface area (Å²) in [4.78, 5) is 23.4. The maximum Gasteiger partial charge on any atom is 0.573 e. The number of nitriles is 1. The van der Waals surface area contributed by atoms with E-state index in [-0.39, 0.29) is 16.7 Å². The Morgan fingerprint density at radius 1 is 1.16 bits per heavy atom. The van der Waals surface area contributed by atoms with Crippen molar-refractivity contribution in [3.8, 4) is 28.6 Å². The number of hydrogen-bond donors (Lipinski definition) is 1. The molecule has 3 aliphatic rings. The van der Waals surface area contributed by atoms with Crippen molar-refractivity contribution in [2.75, 3.05) is 6.54 Å². The van der Waals surface area contributed by atoms with Crippen molar-refractivity contribution in [1.29, 1.82) is 5.26 Å². The van der Waals surface area contributed by atoms with Gasteiger partial charge in [-0.25, -0.2) is 4.98 Å². The van der Waals surface area contributed by atoms with Crippen molar-refractivity contribution < 1.29 is 17.9 Å². The van der Waals surface area contributed by atoms with Crippen molar-refractivity contribution in [2.45, 2.75) is 31.7 Å². The Kier molecular flexibility index (Phi) is 5.10. The van der Waals surface area contributed by atoms with Crippen molar-refractivity contribution in [3.05, 3.63) is 82.2 Å². The predicted molar refractivity (Wildman–Crippen MR) is 129 cm³/mol. The van der Waals surface area contributed by atoms with E-state index in [0.29, 0.717) is 28.5 Å². The Hall–Kier alpha value is -4.23. The molecule has 3 fully saturated rings. The fraction of sp³-hybridized carbons (Fsp3) is 0.259. The van der Waals surface area contributed by atoms with Gasteiger partial charge in [-0.1, -0.05) is 6.07 Å². The van der Waals surface area contributed by atoms with Crippen molar-refractivity contribution in [2.24, 2.45) is 5.92 Å². The van der Waals surface area contributed by atoms with E-state index in [1.54, 1.807) is 12.3 Å². The number of ether oxygens (including phenoxy) is 1. The molecule has 2 aromatic heterocycles. The average Bonchev–Trinajstić information content (AvgIpc) is 3.46. The van der Waals surface area contributed by atoms with Crippen LogP contribution in [0.3, 0.4) is 0 Å². The zero-order valence-corrected chi connectivity index (χ0v) is 19.6. The first kappa shape index (κ1) is 23.2. The third kappa shape index (κ3) is 3.92. The van der Waals surface area contributed by atoms with Crippen LogP contribution in [0.15, 0.2) is 59.5 Å². The lowest BCUT2D eigenvalue weighted by molar-refractivity contribution is -0.274. The molecule has 2 bridgehead atoms. The number of hydrogen-bond acceptors (Lipinski definition) is 6. The number of pyridine rings is 1. The molecule has 1 aliphatic carbocycles. The number of alkyl halides is 3. The maximum atomic E-state index is 14.0. The van der Waals surface area contributed by atoms with Gasteiger partial charge in [-0.2, -0.15) is 5.26 Å². The standard InChI is InChI=1S/C27H20F3N5O2/c1-15-2-3-18(14-32-15)21-8-16(12-31)9-22-23(21)34-25(26-10-17(11-26)13-33-26)35(24(22)36)19-4-6-20(7-5-19)37-27(28,29)30/h2-9,14,17,33H,10-11,13H2,1H3. The van der Waals surface area contributed by atoms with Gasteiger partial charge in [0.2, 0.25) is 0 Å². The minimum Gasteiger partial charge on any atom is -0.406 e. The van der Waals surface area contributed by atoms with Crippen molar-refractivity contribution in [1.82, 2.24) is 19.9 Å². The molecule has 1 N–H and O–H groups in total. The normalized spacial score (nSPS) is 20.5. The highest BCUT2D eigenvalue weighted by molar-refractivity contribution is 5.94. The molecule has 4 heterocycles. The van der Waals surface area contributed by atoms with Crippen LogP contribution in [0.2, 0.25) is 0 Å². The highest BCUT2D eigenvalue weighted by Gasteiger charge is 2.54. The molecular weight excluding hydrogens is 483 g/mol. The molecule has 2 aliphatic heterocycles. The van der Waals surface area contributed by atoms with Crippen molar-refractivity contribution in [3.63, 3.8) is 0 Å². The summed E-state index contributed by atoms with van der Waals surface area (Å²) in [6.07, 6.45) is -1.53. The number of nitrogens with zero attached hydrogens (tertiary/aromatic N) is 4. The highest BCUT2D eigenvalue weighted by atomic mass is 19.4. The zero-order chi connectivity index (χ0) is 25.9. The Balaban J connectivity index is 1.61. The molecule has 186 valence electrons. The maximum absolute atomic E-state index is 14.0. The van der Waals surface area contributed by atoms with E-state index >= 15 is 0 Å². The van der Waals surface area contributed by atoms with Crippen molar-refractivity contribution >= 4 is 10.9 Å². The molecule has 7 nitrogen and oxygen atoms in total. The minimum atomic E-state index is -4.82. The molecule has 0 unspecified atom stereocenters. The van der Waals surface area contributed by atoms with Crippen LogP contribution in [-0.2, 0) is 5.54 Å². The number of rotatable bonds is 4. The second kappa shape index (κ2) is 8.15. The fourth-order valence-electron chi connectivity index (χ4n) is 5.38. The van der Waals surface area contributed by atoms with Crippen LogP contribution in [0.1, 0.15) is 29.9 Å². The van der Waals surface area contributed by atoms with Gasteiger partial charge >= 0.3 is 6.36 Å². The van der Waals surface area contributed by atoms with Gasteiger partial charge in [0.15, 0.2) is 0 Å². The summed E-state index contributed by atoms with van der Waals surface area (Å²) in [5.41, 5.74) is 2.33. The summed E-state index contributed by atoms with van der Waals surface area (Å²) in [5.74, 6) is 0.584. The second-order valence-corrected chi connectivity index (χ2v) is 9.57. The van der Waals surface area contributed by atoms with Crippen LogP contribution in [0, 0.1) is 24.2 Å². The van der Waals surface area contributed by atoms with Crippen LogP contribution >= 0.6 is 0 Å². The number of aromatic nitrogens is 3. The number of halogens is 3. The Labute approximate surface area is 209 Å². The van der Waals surface area contributed by atoms with Gasteiger partial charge < -0.3 is 10.1 Å². The largest absolute Gasteiger partial charge is 0.573 e. The molecule has 1 saturated carbocycles. The van der Waals surface area contributed by atoms with E-state index in [4.69, 9.17) is 4.98 Å². The molecule has 0 atom stereocenters. The molecular formula is C27H20F3N5O2. The zero-order valence-electron chi connectivity index (χ0n) is 19.6. The molecule has 0 amide bonds. The van der Waals surface area contributed by atoms with Crippen LogP contribution < -0.4 is 15.6 Å². The van der Waals surface area contributed by atoms with Gasteiger partial charge in [0.1, 0.15) is 11.6 Å². The second-order valence-electron chi connectivity index (χ2n) is 9.57. The first-order valence-corrected chi connectivity index (χ1v) is 11.7. The average molecular weight is 503 g/mol. The summed E-state index contributed by atoms with van der Waals surface area (Å²) in [7, 11) is 0. The van der Waals surface area contributed by atoms with Gasteiger partial charge in [-0.3, -0.25) is 14.3 Å². The minimum absolute atomic E-state index is 0.235. The third-order valence-corrected chi connectivity index (χ3v) is 7.08. The molecule has 0 spiro atoms. The van der Waals surface area contributed by atoms with E-state index in [9.17, 15) is 23.2 Å². The lowest BCUT2D eigenvalue weighted by Gasteiger charge is -2.38. The summed E-state index contributed by atoms with van der Waals surface area (Å²) in [6.45, 7) is 2.67. The van der Waals surface area contributed by atoms with E-state index in [1.165, 1.54) is 34.9 Å². The molecule has 0 radical (unpaired) electrons. The summed E-state index contributed by atoms with van der Waals surface area (Å²) in [6, 6.07) is 14.2. The highest BCUT2D eigenvalue weighted by Crippen LogP contribution is 2.50. The van der Waals surface area contributed by atoms with Crippen LogP contribution in [0.5, 0.6) is 5.75 Å². The fourth-order valence-corrected chi connectivity index (χ4v) is 5.38. The third-order valence-electron chi connectivity index (χ3n) is 7.08. The SMILES string of the molecule is Cc1ccc(-c2cc(C#N)cc3c(=O)n(-c4ccc(OC(F)(F)F)cc4)c(C45CC(CN4)C5)nc23)cn1. The monoisotopic (exact) mass is 503 g/mol. The lowest BCUT2D eigenvalue weighted by atomic mass is 9.73. The first-order chi connectivity index (χ1) is 17.7. The van der Waals surface area contributed by atoms with E-state index in [0.717, 1.165) is 30.6 Å². The first-order valence-electron chi connectivity index (χ1n) is 11.7. The summed E-state index contributed by atoms with van der Waals surface area (Å²) < 4.78 is 43.5. The van der Waals surface area contributed by atoms with E-state index < -0.39 is 17.5 Å². The van der Waals surface area contributed by atoms with E-state index in [2.05, 4.69) is 21.1 Å². The van der Waals surface area contributed by atoms with E-state index in [1.807, 2.05) is 19.1 Å².